The van der Waals surface area contributed by atoms with Crippen LogP contribution in [0.4, 0.5) is 0 Å². The van der Waals surface area contributed by atoms with E-state index in [1.54, 1.807) is 0 Å². The van der Waals surface area contributed by atoms with Gasteiger partial charge in [0.15, 0.2) is 0 Å². The first-order valence-electron chi connectivity index (χ1n) is 5.12. The molecule has 0 aromatic heterocycles. The summed E-state index contributed by atoms with van der Waals surface area (Å²) in [5.41, 5.74) is 5.39. The SMILES string of the molecule is CCCCCCCCCCN.Cl.[KH]. The van der Waals surface area contributed by atoms with E-state index in [9.17, 15) is 0 Å². The summed E-state index contributed by atoms with van der Waals surface area (Å²) in [6.07, 6.45) is 11.0. The van der Waals surface area contributed by atoms with Crippen LogP contribution in [0.1, 0.15) is 58.3 Å². The van der Waals surface area contributed by atoms with Gasteiger partial charge in [-0.2, -0.15) is 0 Å². The fourth-order valence-corrected chi connectivity index (χ4v) is 1.28. The van der Waals surface area contributed by atoms with Gasteiger partial charge in [-0.25, -0.2) is 0 Å². The van der Waals surface area contributed by atoms with Gasteiger partial charge < -0.3 is 5.73 Å². The van der Waals surface area contributed by atoms with Crippen molar-refractivity contribution in [3.05, 3.63) is 0 Å². The molecule has 0 aliphatic rings. The van der Waals surface area contributed by atoms with Crippen LogP contribution in [0.5, 0.6) is 0 Å². The van der Waals surface area contributed by atoms with Gasteiger partial charge in [0, 0.05) is 0 Å². The van der Waals surface area contributed by atoms with Gasteiger partial charge in [0.05, 0.1) is 0 Å². The Morgan fingerprint density at radius 2 is 1.15 bits per heavy atom. The zero-order valence-electron chi connectivity index (χ0n) is 8.35. The number of hydrogen-bond donors (Lipinski definition) is 1. The molecule has 2 N–H and O–H groups in total. The molecule has 0 aromatic rings. The fraction of sp³-hybridized carbons (Fsp3) is 1.00. The Morgan fingerprint density at radius 3 is 1.54 bits per heavy atom. The van der Waals surface area contributed by atoms with Gasteiger partial charge in [-0.3, -0.25) is 0 Å². The molecule has 0 radical (unpaired) electrons. The molecule has 0 saturated heterocycles. The van der Waals surface area contributed by atoms with Crippen molar-refractivity contribution in [2.24, 2.45) is 5.73 Å². The van der Waals surface area contributed by atoms with Crippen molar-refractivity contribution < 1.29 is 0 Å². The van der Waals surface area contributed by atoms with Crippen LogP contribution < -0.4 is 5.73 Å². The molecule has 0 amide bonds. The molecule has 0 heterocycles. The molecule has 0 aliphatic heterocycles. The zero-order valence-corrected chi connectivity index (χ0v) is 9.17. The maximum atomic E-state index is 5.39. The monoisotopic (exact) mass is 233 g/mol. The summed E-state index contributed by atoms with van der Waals surface area (Å²) in [6.45, 7) is 3.13. The summed E-state index contributed by atoms with van der Waals surface area (Å²) < 4.78 is 0. The number of rotatable bonds is 8. The van der Waals surface area contributed by atoms with E-state index >= 15 is 0 Å². The third-order valence-electron chi connectivity index (χ3n) is 2.06. The van der Waals surface area contributed by atoms with Crippen molar-refractivity contribution >= 4 is 63.8 Å². The minimum absolute atomic E-state index is 0. The Morgan fingerprint density at radius 1 is 0.769 bits per heavy atom. The first kappa shape index (κ1) is 20.3. The van der Waals surface area contributed by atoms with Crippen molar-refractivity contribution in [3.63, 3.8) is 0 Å². The molecule has 0 atom stereocenters. The molecule has 0 spiro atoms. The van der Waals surface area contributed by atoms with Gasteiger partial charge in [-0.05, 0) is 13.0 Å². The van der Waals surface area contributed by atoms with Crippen LogP contribution in [0, 0.1) is 0 Å². The van der Waals surface area contributed by atoms with Gasteiger partial charge in [0.1, 0.15) is 0 Å². The van der Waals surface area contributed by atoms with Gasteiger partial charge in [0.2, 0.25) is 0 Å². The van der Waals surface area contributed by atoms with Gasteiger partial charge in [0.25, 0.3) is 0 Å². The summed E-state index contributed by atoms with van der Waals surface area (Å²) in [4.78, 5) is 0. The fourth-order valence-electron chi connectivity index (χ4n) is 1.28. The normalized spacial score (nSPS) is 8.77. The van der Waals surface area contributed by atoms with E-state index in [1.807, 2.05) is 0 Å². The molecule has 3 heteroatoms. The third-order valence-corrected chi connectivity index (χ3v) is 2.06. The van der Waals surface area contributed by atoms with Crippen molar-refractivity contribution in [1.29, 1.82) is 0 Å². The van der Waals surface area contributed by atoms with E-state index in [1.165, 1.54) is 51.4 Å². The molecule has 0 rings (SSSR count). The van der Waals surface area contributed by atoms with Crippen LogP contribution in [0.25, 0.3) is 0 Å². The van der Waals surface area contributed by atoms with E-state index in [-0.39, 0.29) is 63.8 Å². The Hall–Kier alpha value is 1.89. The van der Waals surface area contributed by atoms with Gasteiger partial charge in [-0.1, -0.05) is 51.9 Å². The Labute approximate surface area is 132 Å². The molecular formula is C10H25ClKN. The zero-order chi connectivity index (χ0) is 8.36. The first-order valence-corrected chi connectivity index (χ1v) is 5.12. The van der Waals surface area contributed by atoms with Crippen molar-refractivity contribution in [2.75, 3.05) is 6.54 Å². The van der Waals surface area contributed by atoms with Crippen LogP contribution in [0.3, 0.4) is 0 Å². The average Bonchev–Trinajstić information content (AvgIpc) is 2.03. The molecule has 0 bridgehead atoms. The van der Waals surface area contributed by atoms with Crippen LogP contribution >= 0.6 is 12.4 Å². The predicted molar refractivity (Wildman–Crippen MR) is 66.1 cm³/mol. The number of hydrogen-bond acceptors (Lipinski definition) is 1. The molecule has 0 saturated carbocycles. The van der Waals surface area contributed by atoms with Crippen molar-refractivity contribution in [1.82, 2.24) is 0 Å². The summed E-state index contributed by atoms with van der Waals surface area (Å²) in [5.74, 6) is 0. The minimum atomic E-state index is 0. The number of unbranched alkanes of at least 4 members (excludes halogenated alkanes) is 7. The van der Waals surface area contributed by atoms with Crippen molar-refractivity contribution in [2.45, 2.75) is 58.3 Å². The van der Waals surface area contributed by atoms with E-state index in [0.29, 0.717) is 0 Å². The third kappa shape index (κ3) is 20.1. The Bertz CT molecular complexity index is 63.9. The first-order chi connectivity index (χ1) is 5.41. The summed E-state index contributed by atoms with van der Waals surface area (Å²) in [6, 6.07) is 0. The summed E-state index contributed by atoms with van der Waals surface area (Å²) in [5, 5.41) is 0. The van der Waals surface area contributed by atoms with Crippen LogP contribution in [-0.4, -0.2) is 57.9 Å². The standard InChI is InChI=1S/C10H23N.ClH.K.H/c1-2-3-4-5-6-7-8-9-10-11;;;/h2-11H2,1H3;1H;;. The maximum absolute atomic E-state index is 5.39. The van der Waals surface area contributed by atoms with Crippen LogP contribution in [0.2, 0.25) is 0 Å². The number of halogens is 1. The van der Waals surface area contributed by atoms with Gasteiger partial charge in [-0.15, -0.1) is 12.4 Å². The second-order valence-corrected chi connectivity index (χ2v) is 3.26. The molecule has 0 fully saturated rings. The second-order valence-electron chi connectivity index (χ2n) is 3.26. The van der Waals surface area contributed by atoms with Crippen LogP contribution in [0.15, 0.2) is 0 Å². The predicted octanol–water partition coefficient (Wildman–Crippen LogP) is 2.86. The van der Waals surface area contributed by atoms with Crippen LogP contribution in [-0.2, 0) is 0 Å². The van der Waals surface area contributed by atoms with Crippen molar-refractivity contribution in [3.8, 4) is 0 Å². The van der Waals surface area contributed by atoms with E-state index < -0.39 is 0 Å². The molecule has 1 nitrogen and oxygen atoms in total. The molecule has 0 unspecified atom stereocenters. The Balaban J connectivity index is -0.000000500. The van der Waals surface area contributed by atoms with E-state index in [2.05, 4.69) is 6.92 Å². The molecular weight excluding hydrogens is 209 g/mol. The summed E-state index contributed by atoms with van der Waals surface area (Å²) in [7, 11) is 0. The van der Waals surface area contributed by atoms with E-state index in [0.717, 1.165) is 6.54 Å². The van der Waals surface area contributed by atoms with E-state index in [4.69, 9.17) is 5.73 Å². The van der Waals surface area contributed by atoms with Gasteiger partial charge >= 0.3 is 51.4 Å². The summed E-state index contributed by atoms with van der Waals surface area (Å²) >= 11 is 0. The quantitative estimate of drug-likeness (QED) is 0.507. The topological polar surface area (TPSA) is 26.0 Å². The Kier molecular flexibility index (Phi) is 30.4. The molecule has 0 aromatic carbocycles. The average molecular weight is 234 g/mol. The second kappa shape index (κ2) is 19.5. The molecule has 13 heavy (non-hydrogen) atoms. The molecule has 78 valence electrons. The number of nitrogens with two attached hydrogens (primary N) is 1. The molecule has 0 aliphatic carbocycles.